The van der Waals surface area contributed by atoms with Crippen LogP contribution in [0.25, 0.3) is 10.7 Å². The van der Waals surface area contributed by atoms with E-state index in [4.69, 9.17) is 9.26 Å². The lowest BCUT2D eigenvalue weighted by atomic mass is 10.3. The third-order valence-electron chi connectivity index (χ3n) is 3.63. The number of hydrogen-bond acceptors (Lipinski definition) is 6. The number of carbonyl (C=O) groups excluding carboxylic acids is 1. The van der Waals surface area contributed by atoms with Crippen LogP contribution in [0.15, 0.2) is 52.4 Å². The van der Waals surface area contributed by atoms with E-state index in [0.29, 0.717) is 37.7 Å². The Bertz CT molecular complexity index is 787. The zero-order valence-electron chi connectivity index (χ0n) is 13.9. The number of hydrogen-bond donors (Lipinski definition) is 0. The molecule has 7 heteroatoms. The average Bonchev–Trinajstić information content (AvgIpc) is 3.32. The lowest BCUT2D eigenvalue weighted by molar-refractivity contribution is -0.130. The number of ether oxygens (including phenoxy) is 1. The third kappa shape index (κ3) is 4.90. The van der Waals surface area contributed by atoms with E-state index in [1.807, 2.05) is 47.8 Å². The van der Waals surface area contributed by atoms with E-state index in [1.54, 1.807) is 23.3 Å². The second kappa shape index (κ2) is 8.43. The summed E-state index contributed by atoms with van der Waals surface area (Å²) in [5.41, 5.74) is 0. The van der Waals surface area contributed by atoms with Gasteiger partial charge < -0.3 is 14.2 Å². The molecule has 130 valence electrons. The quantitative estimate of drug-likeness (QED) is 0.619. The fraction of sp³-hybridized carbons (Fsp3) is 0.278. The van der Waals surface area contributed by atoms with Crippen LogP contribution in [0.1, 0.15) is 12.3 Å². The Hall–Kier alpha value is -2.67. The van der Waals surface area contributed by atoms with Gasteiger partial charge in [0.1, 0.15) is 12.4 Å². The fourth-order valence-electron chi connectivity index (χ4n) is 2.21. The maximum Gasteiger partial charge on any atom is 0.227 e. The van der Waals surface area contributed by atoms with Crippen molar-refractivity contribution in [3.63, 3.8) is 0 Å². The molecular formula is C18H19N3O3S. The third-order valence-corrected chi connectivity index (χ3v) is 4.49. The van der Waals surface area contributed by atoms with E-state index in [-0.39, 0.29) is 5.91 Å². The first kappa shape index (κ1) is 17.2. The van der Waals surface area contributed by atoms with Crippen LogP contribution in [0.3, 0.4) is 0 Å². The predicted molar refractivity (Wildman–Crippen MR) is 95.5 cm³/mol. The molecule has 2 heterocycles. The zero-order chi connectivity index (χ0) is 17.5. The van der Waals surface area contributed by atoms with Gasteiger partial charge in [0.15, 0.2) is 0 Å². The second-order valence-electron chi connectivity index (χ2n) is 5.47. The maximum atomic E-state index is 12.2. The van der Waals surface area contributed by atoms with E-state index < -0.39 is 0 Å². The normalized spacial score (nSPS) is 10.6. The first-order valence-corrected chi connectivity index (χ1v) is 8.88. The molecular weight excluding hydrogens is 338 g/mol. The summed E-state index contributed by atoms with van der Waals surface area (Å²) in [6.45, 7) is 0.980. The van der Waals surface area contributed by atoms with Gasteiger partial charge in [0.25, 0.3) is 0 Å². The SMILES string of the molecule is CN(CCOc1ccccc1)C(=O)CCc1nc(-c2cccs2)no1. The molecule has 0 atom stereocenters. The minimum absolute atomic E-state index is 0.0209. The zero-order valence-corrected chi connectivity index (χ0v) is 14.7. The molecule has 0 bridgehead atoms. The lowest BCUT2D eigenvalue weighted by Crippen LogP contribution is -2.31. The number of amides is 1. The van der Waals surface area contributed by atoms with Gasteiger partial charge in [-0.05, 0) is 23.6 Å². The van der Waals surface area contributed by atoms with E-state index in [2.05, 4.69) is 10.1 Å². The number of aryl methyl sites for hydroxylation is 1. The van der Waals surface area contributed by atoms with Crippen LogP contribution in [-0.4, -0.2) is 41.1 Å². The molecule has 2 aromatic heterocycles. The van der Waals surface area contributed by atoms with Crippen molar-refractivity contribution in [3.05, 3.63) is 53.7 Å². The molecule has 25 heavy (non-hydrogen) atoms. The molecule has 0 radical (unpaired) electrons. The summed E-state index contributed by atoms with van der Waals surface area (Å²) in [6, 6.07) is 13.4. The molecule has 0 saturated carbocycles. The highest BCUT2D eigenvalue weighted by atomic mass is 32.1. The Morgan fingerprint density at radius 3 is 2.84 bits per heavy atom. The summed E-state index contributed by atoms with van der Waals surface area (Å²) < 4.78 is 10.8. The van der Waals surface area contributed by atoms with E-state index in [0.717, 1.165) is 10.6 Å². The van der Waals surface area contributed by atoms with Gasteiger partial charge in [-0.3, -0.25) is 4.79 Å². The Morgan fingerprint density at radius 2 is 2.08 bits per heavy atom. The molecule has 0 N–H and O–H groups in total. The van der Waals surface area contributed by atoms with E-state index in [9.17, 15) is 4.79 Å². The minimum atomic E-state index is 0.0209. The Morgan fingerprint density at radius 1 is 1.24 bits per heavy atom. The molecule has 1 aromatic carbocycles. The molecule has 0 aliphatic carbocycles. The van der Waals surface area contributed by atoms with Gasteiger partial charge >= 0.3 is 0 Å². The predicted octanol–water partition coefficient (Wildman–Crippen LogP) is 3.27. The summed E-state index contributed by atoms with van der Waals surface area (Å²) in [7, 11) is 1.77. The minimum Gasteiger partial charge on any atom is -0.492 e. The Kier molecular flexibility index (Phi) is 5.79. The van der Waals surface area contributed by atoms with Crippen molar-refractivity contribution in [1.29, 1.82) is 0 Å². The Balaban J connectivity index is 1.41. The van der Waals surface area contributed by atoms with Crippen LogP contribution >= 0.6 is 11.3 Å². The summed E-state index contributed by atoms with van der Waals surface area (Å²) in [6.07, 6.45) is 0.759. The van der Waals surface area contributed by atoms with Gasteiger partial charge in [-0.2, -0.15) is 4.98 Å². The highest BCUT2D eigenvalue weighted by molar-refractivity contribution is 7.13. The van der Waals surface area contributed by atoms with Crippen LogP contribution in [0.5, 0.6) is 5.75 Å². The van der Waals surface area contributed by atoms with Crippen molar-refractivity contribution in [1.82, 2.24) is 15.0 Å². The molecule has 3 rings (SSSR count). The van der Waals surface area contributed by atoms with Crippen molar-refractivity contribution in [2.45, 2.75) is 12.8 Å². The first-order valence-electron chi connectivity index (χ1n) is 8.00. The highest BCUT2D eigenvalue weighted by Gasteiger charge is 2.13. The van der Waals surface area contributed by atoms with Gasteiger partial charge in [0.05, 0.1) is 11.4 Å². The first-order chi connectivity index (χ1) is 12.2. The molecule has 0 unspecified atom stereocenters. The van der Waals surface area contributed by atoms with Crippen LogP contribution in [-0.2, 0) is 11.2 Å². The van der Waals surface area contributed by atoms with Crippen LogP contribution in [0.4, 0.5) is 0 Å². The molecule has 1 amide bonds. The maximum absolute atomic E-state index is 12.2. The molecule has 0 aliphatic rings. The van der Waals surface area contributed by atoms with E-state index >= 15 is 0 Å². The van der Waals surface area contributed by atoms with Gasteiger partial charge in [-0.15, -0.1) is 11.3 Å². The lowest BCUT2D eigenvalue weighted by Gasteiger charge is -2.17. The van der Waals surface area contributed by atoms with Gasteiger partial charge in [-0.1, -0.05) is 29.4 Å². The topological polar surface area (TPSA) is 68.5 Å². The van der Waals surface area contributed by atoms with Crippen molar-refractivity contribution >= 4 is 17.2 Å². The van der Waals surface area contributed by atoms with Crippen LogP contribution < -0.4 is 4.74 Å². The summed E-state index contributed by atoms with van der Waals surface area (Å²) >= 11 is 1.55. The number of rotatable bonds is 8. The number of aromatic nitrogens is 2. The number of likely N-dealkylation sites (N-methyl/N-ethyl adjacent to an activating group) is 1. The van der Waals surface area contributed by atoms with Crippen LogP contribution in [0, 0.1) is 0 Å². The summed E-state index contributed by atoms with van der Waals surface area (Å²) in [5, 5.41) is 5.90. The highest BCUT2D eigenvalue weighted by Crippen LogP contribution is 2.21. The van der Waals surface area contributed by atoms with Gasteiger partial charge in [-0.25, -0.2) is 0 Å². The standard InChI is InChI=1S/C18H19N3O3S/c1-21(11-12-23-14-6-3-2-4-7-14)17(22)10-9-16-19-18(20-24-16)15-8-5-13-25-15/h2-8,13H,9-12H2,1H3. The monoisotopic (exact) mass is 357 g/mol. The molecule has 0 fully saturated rings. The molecule has 0 saturated heterocycles. The largest absolute Gasteiger partial charge is 0.492 e. The molecule has 6 nitrogen and oxygen atoms in total. The van der Waals surface area contributed by atoms with Crippen molar-refractivity contribution in [2.75, 3.05) is 20.2 Å². The van der Waals surface area contributed by atoms with Crippen LogP contribution in [0.2, 0.25) is 0 Å². The molecule has 3 aromatic rings. The summed E-state index contributed by atoms with van der Waals surface area (Å²) in [5.74, 6) is 1.87. The summed E-state index contributed by atoms with van der Waals surface area (Å²) in [4.78, 5) is 19.1. The molecule has 0 spiro atoms. The van der Waals surface area contributed by atoms with Gasteiger partial charge in [0, 0.05) is 19.9 Å². The average molecular weight is 357 g/mol. The number of carbonyl (C=O) groups is 1. The van der Waals surface area contributed by atoms with Crippen molar-refractivity contribution in [3.8, 4) is 16.5 Å². The van der Waals surface area contributed by atoms with Gasteiger partial charge in [0.2, 0.25) is 17.6 Å². The number of nitrogens with zero attached hydrogens (tertiary/aromatic N) is 3. The van der Waals surface area contributed by atoms with E-state index in [1.165, 1.54) is 0 Å². The fourth-order valence-corrected chi connectivity index (χ4v) is 2.86. The second-order valence-corrected chi connectivity index (χ2v) is 6.41. The van der Waals surface area contributed by atoms with Crippen molar-refractivity contribution in [2.24, 2.45) is 0 Å². The smallest absolute Gasteiger partial charge is 0.227 e. The van der Waals surface area contributed by atoms with Crippen molar-refractivity contribution < 1.29 is 14.1 Å². The molecule has 0 aliphatic heterocycles. The Labute approximate surface area is 150 Å². The number of para-hydroxylation sites is 1. The number of benzene rings is 1. The number of thiophene rings is 1.